The van der Waals surface area contributed by atoms with E-state index in [2.05, 4.69) is 15.5 Å². The topological polar surface area (TPSA) is 83.8 Å². The number of nitrogens with one attached hydrogen (secondary N) is 2. The molecule has 0 fully saturated rings. The van der Waals surface area contributed by atoms with Gasteiger partial charge in [-0.2, -0.15) is 5.10 Å². The molecule has 4 N–H and O–H groups in total. The summed E-state index contributed by atoms with van der Waals surface area (Å²) in [4.78, 5) is 12.0. The van der Waals surface area contributed by atoms with E-state index in [9.17, 15) is 4.79 Å². The summed E-state index contributed by atoms with van der Waals surface area (Å²) in [6, 6.07) is 4.74. The second kappa shape index (κ2) is 4.70. The lowest BCUT2D eigenvalue weighted by Crippen LogP contribution is -2.13. The maximum atomic E-state index is 12.0. The van der Waals surface area contributed by atoms with E-state index in [1.165, 1.54) is 6.07 Å². The van der Waals surface area contributed by atoms with Crippen LogP contribution in [0.1, 0.15) is 21.6 Å². The summed E-state index contributed by atoms with van der Waals surface area (Å²) in [6.45, 7) is 3.77. The van der Waals surface area contributed by atoms with Crippen LogP contribution in [0.5, 0.6) is 0 Å². The molecule has 2 rings (SSSR count). The fourth-order valence-electron chi connectivity index (χ4n) is 1.47. The van der Waals surface area contributed by atoms with Crippen molar-refractivity contribution in [3.63, 3.8) is 0 Å². The second-order valence-electron chi connectivity index (χ2n) is 4.01. The van der Waals surface area contributed by atoms with E-state index in [0.717, 1.165) is 11.3 Å². The molecule has 0 unspecified atom stereocenters. The number of aromatic nitrogens is 2. The predicted molar refractivity (Wildman–Crippen MR) is 71.9 cm³/mol. The molecule has 18 heavy (non-hydrogen) atoms. The molecule has 94 valence electrons. The first-order valence-electron chi connectivity index (χ1n) is 5.37. The van der Waals surface area contributed by atoms with Gasteiger partial charge in [0.1, 0.15) is 0 Å². The highest BCUT2D eigenvalue weighted by Crippen LogP contribution is 2.21. The van der Waals surface area contributed by atoms with Gasteiger partial charge in [0.2, 0.25) is 0 Å². The van der Waals surface area contributed by atoms with Crippen LogP contribution in [0.15, 0.2) is 18.2 Å². The molecule has 6 heteroatoms. The summed E-state index contributed by atoms with van der Waals surface area (Å²) in [7, 11) is 0. The molecule has 0 aliphatic heterocycles. The maximum Gasteiger partial charge on any atom is 0.256 e. The number of aromatic amines is 1. The number of anilines is 2. The lowest BCUT2D eigenvalue weighted by molar-refractivity contribution is 0.102. The Hall–Kier alpha value is -2.01. The molecule has 0 atom stereocenters. The number of carbonyl (C=O) groups excluding carboxylic acids is 1. The lowest BCUT2D eigenvalue weighted by atomic mass is 10.2. The zero-order valence-corrected chi connectivity index (χ0v) is 10.8. The number of amides is 1. The first kappa shape index (κ1) is 12.4. The molecular formula is C12H13ClN4O. The fraction of sp³-hybridized carbons (Fsp3) is 0.167. The van der Waals surface area contributed by atoms with Gasteiger partial charge in [-0.25, -0.2) is 0 Å². The Bertz CT molecular complexity index is 606. The molecule has 0 aliphatic rings. The molecule has 0 bridgehead atoms. The van der Waals surface area contributed by atoms with Crippen molar-refractivity contribution in [3.8, 4) is 0 Å². The van der Waals surface area contributed by atoms with Crippen molar-refractivity contribution in [1.29, 1.82) is 0 Å². The van der Waals surface area contributed by atoms with E-state index in [-0.39, 0.29) is 5.91 Å². The lowest BCUT2D eigenvalue weighted by Gasteiger charge is -2.05. The number of rotatable bonds is 2. The number of hydrogen-bond acceptors (Lipinski definition) is 3. The van der Waals surface area contributed by atoms with Crippen LogP contribution in [-0.2, 0) is 0 Å². The van der Waals surface area contributed by atoms with Gasteiger partial charge in [0.25, 0.3) is 5.91 Å². The highest BCUT2D eigenvalue weighted by atomic mass is 35.5. The zero-order chi connectivity index (χ0) is 13.3. The van der Waals surface area contributed by atoms with E-state index < -0.39 is 0 Å². The molecule has 0 aliphatic carbocycles. The number of aryl methyl sites for hydroxylation is 1. The molecular weight excluding hydrogens is 252 g/mol. The minimum atomic E-state index is -0.270. The van der Waals surface area contributed by atoms with Crippen LogP contribution in [0.25, 0.3) is 0 Å². The highest BCUT2D eigenvalue weighted by molar-refractivity contribution is 6.33. The summed E-state index contributed by atoms with van der Waals surface area (Å²) in [6.07, 6.45) is 0. The molecule has 1 amide bonds. The average Bonchev–Trinajstić information content (AvgIpc) is 2.64. The van der Waals surface area contributed by atoms with Crippen LogP contribution in [0.2, 0.25) is 5.02 Å². The summed E-state index contributed by atoms with van der Waals surface area (Å²) < 4.78 is 0. The zero-order valence-electron chi connectivity index (χ0n) is 10.0. The third kappa shape index (κ3) is 2.31. The summed E-state index contributed by atoms with van der Waals surface area (Å²) in [5.41, 5.74) is 8.29. The van der Waals surface area contributed by atoms with Crippen molar-refractivity contribution < 1.29 is 4.79 Å². The quantitative estimate of drug-likeness (QED) is 0.729. The summed E-state index contributed by atoms with van der Waals surface area (Å²) in [5, 5.41) is 9.95. The normalized spacial score (nSPS) is 10.4. The van der Waals surface area contributed by atoms with E-state index >= 15 is 0 Å². The number of halogens is 1. The number of benzene rings is 1. The van der Waals surface area contributed by atoms with Crippen LogP contribution < -0.4 is 11.1 Å². The molecule has 2 aromatic rings. The molecule has 0 saturated carbocycles. The Kier molecular flexibility index (Phi) is 3.25. The van der Waals surface area contributed by atoms with Gasteiger partial charge < -0.3 is 11.1 Å². The van der Waals surface area contributed by atoms with Crippen LogP contribution in [0, 0.1) is 13.8 Å². The monoisotopic (exact) mass is 264 g/mol. The Labute approximate surface area is 109 Å². The Morgan fingerprint density at radius 1 is 1.44 bits per heavy atom. The van der Waals surface area contributed by atoms with Crippen LogP contribution in [0.3, 0.4) is 0 Å². The number of nitrogens with two attached hydrogens (primary N) is 1. The van der Waals surface area contributed by atoms with E-state index in [1.54, 1.807) is 12.1 Å². The number of H-pyrrole nitrogens is 1. The van der Waals surface area contributed by atoms with Crippen molar-refractivity contribution in [2.24, 2.45) is 0 Å². The number of nitrogens with zero attached hydrogens (tertiary/aromatic N) is 1. The predicted octanol–water partition coefficient (Wildman–Crippen LogP) is 2.51. The SMILES string of the molecule is Cc1[nH]nc(NC(=O)c2ccc(Cl)c(N)c2)c1C. The Balaban J connectivity index is 2.22. The van der Waals surface area contributed by atoms with Crippen LogP contribution in [-0.4, -0.2) is 16.1 Å². The third-order valence-corrected chi connectivity index (χ3v) is 3.09. The van der Waals surface area contributed by atoms with Crippen molar-refractivity contribution in [3.05, 3.63) is 40.0 Å². The van der Waals surface area contributed by atoms with Gasteiger partial charge in [-0.15, -0.1) is 0 Å². The molecule has 0 radical (unpaired) electrons. The van der Waals surface area contributed by atoms with Crippen molar-refractivity contribution in [1.82, 2.24) is 10.2 Å². The van der Waals surface area contributed by atoms with E-state index in [0.29, 0.717) is 22.1 Å². The molecule has 1 aromatic carbocycles. The summed E-state index contributed by atoms with van der Waals surface area (Å²) in [5.74, 6) is 0.249. The van der Waals surface area contributed by atoms with Gasteiger partial charge in [0.05, 0.1) is 10.7 Å². The van der Waals surface area contributed by atoms with Gasteiger partial charge in [-0.1, -0.05) is 11.6 Å². The van der Waals surface area contributed by atoms with Gasteiger partial charge >= 0.3 is 0 Å². The Morgan fingerprint density at radius 3 is 2.72 bits per heavy atom. The molecule has 0 saturated heterocycles. The number of hydrogen-bond donors (Lipinski definition) is 3. The molecule has 5 nitrogen and oxygen atoms in total. The Morgan fingerprint density at radius 2 is 2.17 bits per heavy atom. The van der Waals surface area contributed by atoms with Crippen molar-refractivity contribution >= 4 is 29.0 Å². The van der Waals surface area contributed by atoms with E-state index in [4.69, 9.17) is 17.3 Å². The number of carbonyl (C=O) groups is 1. The maximum absolute atomic E-state index is 12.0. The van der Waals surface area contributed by atoms with Crippen LogP contribution in [0.4, 0.5) is 11.5 Å². The molecule has 1 heterocycles. The average molecular weight is 265 g/mol. The highest BCUT2D eigenvalue weighted by Gasteiger charge is 2.12. The summed E-state index contributed by atoms with van der Waals surface area (Å²) >= 11 is 5.80. The molecule has 1 aromatic heterocycles. The first-order valence-corrected chi connectivity index (χ1v) is 5.74. The van der Waals surface area contributed by atoms with Gasteiger partial charge in [-0.3, -0.25) is 9.89 Å². The molecule has 0 spiro atoms. The second-order valence-corrected chi connectivity index (χ2v) is 4.42. The van der Waals surface area contributed by atoms with Crippen molar-refractivity contribution in [2.75, 3.05) is 11.1 Å². The number of nitrogen functional groups attached to an aromatic ring is 1. The fourth-order valence-corrected chi connectivity index (χ4v) is 1.59. The first-order chi connectivity index (χ1) is 8.49. The van der Waals surface area contributed by atoms with E-state index in [1.807, 2.05) is 13.8 Å². The van der Waals surface area contributed by atoms with Crippen molar-refractivity contribution in [2.45, 2.75) is 13.8 Å². The third-order valence-electron chi connectivity index (χ3n) is 2.74. The smallest absolute Gasteiger partial charge is 0.256 e. The van der Waals surface area contributed by atoms with Gasteiger partial charge in [0, 0.05) is 16.8 Å². The largest absolute Gasteiger partial charge is 0.398 e. The van der Waals surface area contributed by atoms with Gasteiger partial charge in [0.15, 0.2) is 5.82 Å². The standard InChI is InChI=1S/C12H13ClN4O/c1-6-7(2)16-17-11(6)15-12(18)8-3-4-9(13)10(14)5-8/h3-5H,14H2,1-2H3,(H2,15,16,17,18). The van der Waals surface area contributed by atoms with Crippen LogP contribution >= 0.6 is 11.6 Å². The minimum absolute atomic E-state index is 0.270. The minimum Gasteiger partial charge on any atom is -0.398 e. The van der Waals surface area contributed by atoms with Gasteiger partial charge in [-0.05, 0) is 32.0 Å².